The standard InChI is InChI=1S/C8H17NS/c1-8(2)4-7(10-3)5-9-6-8/h7,9H,4-6H2,1-3H3. The first-order valence-corrected chi connectivity index (χ1v) is 5.16. The molecule has 0 aromatic rings. The van der Waals surface area contributed by atoms with Gasteiger partial charge in [-0.2, -0.15) is 11.8 Å². The largest absolute Gasteiger partial charge is 0.315 e. The number of rotatable bonds is 1. The molecule has 60 valence electrons. The molecule has 1 nitrogen and oxygen atoms in total. The van der Waals surface area contributed by atoms with Crippen molar-refractivity contribution in [2.24, 2.45) is 5.41 Å². The van der Waals surface area contributed by atoms with Crippen LogP contribution in [0.2, 0.25) is 0 Å². The zero-order valence-electron chi connectivity index (χ0n) is 7.11. The van der Waals surface area contributed by atoms with Gasteiger partial charge in [-0.3, -0.25) is 0 Å². The van der Waals surface area contributed by atoms with Crippen molar-refractivity contribution in [3.8, 4) is 0 Å². The number of hydrogen-bond acceptors (Lipinski definition) is 2. The van der Waals surface area contributed by atoms with Gasteiger partial charge in [-0.25, -0.2) is 0 Å². The molecular weight excluding hydrogens is 142 g/mol. The van der Waals surface area contributed by atoms with Gasteiger partial charge in [0, 0.05) is 18.3 Å². The van der Waals surface area contributed by atoms with Crippen molar-refractivity contribution in [2.45, 2.75) is 25.5 Å². The summed E-state index contributed by atoms with van der Waals surface area (Å²) in [5.74, 6) is 0. The van der Waals surface area contributed by atoms with Crippen LogP contribution in [0.3, 0.4) is 0 Å². The van der Waals surface area contributed by atoms with Gasteiger partial charge in [-0.05, 0) is 18.1 Å². The van der Waals surface area contributed by atoms with Crippen LogP contribution in [0, 0.1) is 5.41 Å². The Morgan fingerprint density at radius 1 is 1.50 bits per heavy atom. The first-order valence-electron chi connectivity index (χ1n) is 3.87. The third-order valence-electron chi connectivity index (χ3n) is 2.09. The van der Waals surface area contributed by atoms with Crippen LogP contribution in [-0.2, 0) is 0 Å². The minimum absolute atomic E-state index is 0.520. The third kappa shape index (κ3) is 2.17. The molecule has 0 aromatic heterocycles. The molecule has 1 unspecified atom stereocenters. The van der Waals surface area contributed by atoms with Gasteiger partial charge in [0.25, 0.3) is 0 Å². The zero-order chi connectivity index (χ0) is 7.61. The van der Waals surface area contributed by atoms with E-state index < -0.39 is 0 Å². The maximum Gasteiger partial charge on any atom is 0.0175 e. The molecule has 0 amide bonds. The Labute approximate surface area is 68.0 Å². The van der Waals surface area contributed by atoms with E-state index in [0.717, 1.165) is 5.25 Å². The average molecular weight is 159 g/mol. The fourth-order valence-corrected chi connectivity index (χ4v) is 2.40. The summed E-state index contributed by atoms with van der Waals surface area (Å²) in [7, 11) is 0. The predicted molar refractivity (Wildman–Crippen MR) is 48.6 cm³/mol. The quantitative estimate of drug-likeness (QED) is 0.625. The van der Waals surface area contributed by atoms with Crippen molar-refractivity contribution in [3.05, 3.63) is 0 Å². The molecule has 0 radical (unpaired) electrons. The van der Waals surface area contributed by atoms with Gasteiger partial charge in [-0.1, -0.05) is 13.8 Å². The zero-order valence-corrected chi connectivity index (χ0v) is 7.92. The van der Waals surface area contributed by atoms with Crippen LogP contribution in [0.5, 0.6) is 0 Å². The van der Waals surface area contributed by atoms with Gasteiger partial charge in [0.05, 0.1) is 0 Å². The maximum absolute atomic E-state index is 3.46. The Morgan fingerprint density at radius 3 is 2.60 bits per heavy atom. The second-order valence-electron chi connectivity index (χ2n) is 3.86. The van der Waals surface area contributed by atoms with E-state index in [1.54, 1.807) is 0 Å². The molecule has 1 rings (SSSR count). The molecule has 1 N–H and O–H groups in total. The molecule has 0 bridgehead atoms. The van der Waals surface area contributed by atoms with Crippen LogP contribution in [0.1, 0.15) is 20.3 Å². The van der Waals surface area contributed by atoms with E-state index in [1.807, 2.05) is 11.8 Å². The number of hydrogen-bond donors (Lipinski definition) is 1. The molecular formula is C8H17NS. The fourth-order valence-electron chi connectivity index (χ4n) is 1.50. The van der Waals surface area contributed by atoms with Crippen LogP contribution in [0.4, 0.5) is 0 Å². The highest BCUT2D eigenvalue weighted by molar-refractivity contribution is 7.99. The van der Waals surface area contributed by atoms with Crippen molar-refractivity contribution in [1.29, 1.82) is 0 Å². The van der Waals surface area contributed by atoms with Crippen LogP contribution in [0.15, 0.2) is 0 Å². The highest BCUT2D eigenvalue weighted by Crippen LogP contribution is 2.29. The molecule has 1 atom stereocenters. The summed E-state index contributed by atoms with van der Waals surface area (Å²) < 4.78 is 0. The van der Waals surface area contributed by atoms with Gasteiger partial charge in [0.15, 0.2) is 0 Å². The SMILES string of the molecule is CSC1CNCC(C)(C)C1. The minimum Gasteiger partial charge on any atom is -0.315 e. The van der Waals surface area contributed by atoms with E-state index >= 15 is 0 Å². The Bertz CT molecular complexity index is 112. The Morgan fingerprint density at radius 2 is 2.20 bits per heavy atom. The highest BCUT2D eigenvalue weighted by atomic mass is 32.2. The Kier molecular flexibility index (Phi) is 2.64. The summed E-state index contributed by atoms with van der Waals surface area (Å²) in [5, 5.41) is 4.29. The van der Waals surface area contributed by atoms with Crippen LogP contribution in [0.25, 0.3) is 0 Å². The lowest BCUT2D eigenvalue weighted by Gasteiger charge is -2.34. The van der Waals surface area contributed by atoms with Crippen molar-refractivity contribution in [2.75, 3.05) is 19.3 Å². The van der Waals surface area contributed by atoms with Crippen molar-refractivity contribution in [1.82, 2.24) is 5.32 Å². The number of nitrogens with one attached hydrogen (secondary N) is 1. The minimum atomic E-state index is 0.520. The van der Waals surface area contributed by atoms with Crippen molar-refractivity contribution < 1.29 is 0 Å². The molecule has 0 aliphatic carbocycles. The first kappa shape index (κ1) is 8.41. The lowest BCUT2D eigenvalue weighted by Crippen LogP contribution is -2.42. The molecule has 1 fully saturated rings. The van der Waals surface area contributed by atoms with E-state index in [9.17, 15) is 0 Å². The summed E-state index contributed by atoms with van der Waals surface area (Å²) in [6.07, 6.45) is 3.56. The smallest absolute Gasteiger partial charge is 0.0175 e. The summed E-state index contributed by atoms with van der Waals surface area (Å²) in [4.78, 5) is 0. The molecule has 1 heterocycles. The van der Waals surface area contributed by atoms with Gasteiger partial charge in [0.1, 0.15) is 0 Å². The summed E-state index contributed by atoms with van der Waals surface area (Å²) in [6, 6.07) is 0. The Balaban J connectivity index is 2.40. The number of thioether (sulfide) groups is 1. The maximum atomic E-state index is 3.46. The molecule has 0 aromatic carbocycles. The summed E-state index contributed by atoms with van der Waals surface area (Å²) in [5.41, 5.74) is 0.520. The number of piperidine rings is 1. The van der Waals surface area contributed by atoms with Gasteiger partial charge in [0.2, 0.25) is 0 Å². The first-order chi connectivity index (χ1) is 4.64. The van der Waals surface area contributed by atoms with Gasteiger partial charge in [-0.15, -0.1) is 0 Å². The summed E-state index contributed by atoms with van der Waals surface area (Å²) >= 11 is 1.99. The predicted octanol–water partition coefficient (Wildman–Crippen LogP) is 1.74. The lowest BCUT2D eigenvalue weighted by molar-refractivity contribution is 0.271. The Hall–Kier alpha value is 0.310. The van der Waals surface area contributed by atoms with Crippen LogP contribution in [-0.4, -0.2) is 24.6 Å². The topological polar surface area (TPSA) is 12.0 Å². The second-order valence-corrected chi connectivity index (χ2v) is 5.00. The molecule has 10 heavy (non-hydrogen) atoms. The molecule has 1 aliphatic heterocycles. The van der Waals surface area contributed by atoms with E-state index in [1.165, 1.54) is 19.5 Å². The van der Waals surface area contributed by atoms with E-state index in [4.69, 9.17) is 0 Å². The third-order valence-corrected chi connectivity index (χ3v) is 3.09. The van der Waals surface area contributed by atoms with E-state index in [2.05, 4.69) is 25.4 Å². The fraction of sp³-hybridized carbons (Fsp3) is 1.00. The van der Waals surface area contributed by atoms with Gasteiger partial charge < -0.3 is 5.32 Å². The van der Waals surface area contributed by atoms with Crippen molar-refractivity contribution >= 4 is 11.8 Å². The van der Waals surface area contributed by atoms with Crippen LogP contribution >= 0.6 is 11.8 Å². The molecule has 0 spiro atoms. The molecule has 0 saturated carbocycles. The molecule has 1 saturated heterocycles. The van der Waals surface area contributed by atoms with E-state index in [0.29, 0.717) is 5.41 Å². The highest BCUT2D eigenvalue weighted by Gasteiger charge is 2.26. The lowest BCUT2D eigenvalue weighted by atomic mass is 9.85. The van der Waals surface area contributed by atoms with E-state index in [-0.39, 0.29) is 0 Å². The average Bonchev–Trinajstić information content (AvgIpc) is 1.86. The monoisotopic (exact) mass is 159 g/mol. The molecule has 2 heteroatoms. The van der Waals surface area contributed by atoms with Crippen molar-refractivity contribution in [3.63, 3.8) is 0 Å². The summed E-state index contributed by atoms with van der Waals surface area (Å²) in [6.45, 7) is 7.05. The van der Waals surface area contributed by atoms with Gasteiger partial charge >= 0.3 is 0 Å². The molecule has 1 aliphatic rings. The van der Waals surface area contributed by atoms with Crippen LogP contribution < -0.4 is 5.32 Å². The second kappa shape index (κ2) is 3.14. The normalized spacial score (nSPS) is 32.1.